The van der Waals surface area contributed by atoms with E-state index in [1.165, 1.54) is 4.90 Å². The predicted octanol–water partition coefficient (Wildman–Crippen LogP) is 0.00750. The van der Waals surface area contributed by atoms with E-state index in [2.05, 4.69) is 5.32 Å². The number of nitrogens with zero attached hydrogens (tertiary/aromatic N) is 1. The molecular formula is C11H20N2O3. The van der Waals surface area contributed by atoms with Crippen molar-refractivity contribution in [3.8, 4) is 0 Å². The summed E-state index contributed by atoms with van der Waals surface area (Å²) < 4.78 is 4.89. The monoisotopic (exact) mass is 228 g/mol. The van der Waals surface area contributed by atoms with Gasteiger partial charge in [-0.05, 0) is 13.0 Å². The molecule has 0 spiro atoms. The molecule has 1 heterocycles. The molecule has 1 aliphatic heterocycles. The Labute approximate surface area is 96.1 Å². The highest BCUT2D eigenvalue weighted by Crippen LogP contribution is 2.18. The maximum absolute atomic E-state index is 11.5. The maximum Gasteiger partial charge on any atom is 0.232 e. The molecule has 1 aliphatic rings. The largest absolute Gasteiger partial charge is 0.383 e. The second-order valence-corrected chi connectivity index (χ2v) is 4.09. The summed E-state index contributed by atoms with van der Waals surface area (Å²) in [5, 5.41) is 3.18. The van der Waals surface area contributed by atoms with Crippen LogP contribution < -0.4 is 5.32 Å². The van der Waals surface area contributed by atoms with Crippen LogP contribution in [0.15, 0.2) is 0 Å². The quantitative estimate of drug-likeness (QED) is 0.492. The van der Waals surface area contributed by atoms with Gasteiger partial charge < -0.3 is 10.1 Å². The van der Waals surface area contributed by atoms with Crippen LogP contribution in [-0.2, 0) is 14.3 Å². The number of methoxy groups -OCH3 is 1. The summed E-state index contributed by atoms with van der Waals surface area (Å²) in [6.45, 7) is 4.61. The fraction of sp³-hybridized carbons (Fsp3) is 0.818. The van der Waals surface area contributed by atoms with Crippen molar-refractivity contribution in [1.29, 1.82) is 0 Å². The average molecular weight is 228 g/mol. The molecule has 1 saturated heterocycles. The van der Waals surface area contributed by atoms with E-state index >= 15 is 0 Å². The number of ether oxygens (including phenoxy) is 1. The van der Waals surface area contributed by atoms with Crippen LogP contribution >= 0.6 is 0 Å². The van der Waals surface area contributed by atoms with Gasteiger partial charge in [-0.15, -0.1) is 0 Å². The molecule has 1 rings (SSSR count). The second-order valence-electron chi connectivity index (χ2n) is 4.09. The Morgan fingerprint density at radius 3 is 2.75 bits per heavy atom. The van der Waals surface area contributed by atoms with Gasteiger partial charge in [0.15, 0.2) is 0 Å². The van der Waals surface area contributed by atoms with Gasteiger partial charge in [0.25, 0.3) is 0 Å². The Balaban J connectivity index is 2.13. The van der Waals surface area contributed by atoms with Gasteiger partial charge in [-0.3, -0.25) is 14.5 Å². The van der Waals surface area contributed by atoms with Crippen LogP contribution in [0.25, 0.3) is 0 Å². The van der Waals surface area contributed by atoms with E-state index in [0.717, 1.165) is 19.5 Å². The van der Waals surface area contributed by atoms with E-state index < -0.39 is 0 Å². The minimum absolute atomic E-state index is 0.0260. The Hall–Kier alpha value is -0.940. The van der Waals surface area contributed by atoms with Gasteiger partial charge in [-0.25, -0.2) is 0 Å². The minimum Gasteiger partial charge on any atom is -0.383 e. The summed E-state index contributed by atoms with van der Waals surface area (Å²) in [7, 11) is 1.66. The summed E-state index contributed by atoms with van der Waals surface area (Å²) in [5.74, 6) is -0.190. The van der Waals surface area contributed by atoms with E-state index in [9.17, 15) is 9.59 Å². The molecule has 0 aromatic heterocycles. The van der Waals surface area contributed by atoms with Crippen LogP contribution in [0.2, 0.25) is 0 Å². The van der Waals surface area contributed by atoms with Crippen molar-refractivity contribution in [3.63, 3.8) is 0 Å². The number of hydrogen-bond acceptors (Lipinski definition) is 4. The Morgan fingerprint density at radius 1 is 1.44 bits per heavy atom. The molecule has 1 N–H and O–H groups in total. The molecule has 5 heteroatoms. The highest BCUT2D eigenvalue weighted by Gasteiger charge is 2.34. The van der Waals surface area contributed by atoms with Crippen LogP contribution in [0.4, 0.5) is 0 Å². The van der Waals surface area contributed by atoms with Gasteiger partial charge >= 0.3 is 0 Å². The lowest BCUT2D eigenvalue weighted by atomic mass is 10.1. The second kappa shape index (κ2) is 6.60. The molecule has 0 radical (unpaired) electrons. The van der Waals surface area contributed by atoms with E-state index in [4.69, 9.17) is 4.74 Å². The van der Waals surface area contributed by atoms with Crippen molar-refractivity contribution < 1.29 is 14.3 Å². The van der Waals surface area contributed by atoms with Crippen molar-refractivity contribution in [2.24, 2.45) is 5.92 Å². The van der Waals surface area contributed by atoms with Gasteiger partial charge in [0.1, 0.15) is 0 Å². The minimum atomic E-state index is -0.131. The van der Waals surface area contributed by atoms with Crippen LogP contribution in [0.3, 0.4) is 0 Å². The highest BCUT2D eigenvalue weighted by atomic mass is 16.5. The number of amides is 2. The maximum atomic E-state index is 11.5. The Kier molecular flexibility index (Phi) is 5.42. The molecule has 0 aliphatic carbocycles. The van der Waals surface area contributed by atoms with Crippen LogP contribution in [0, 0.1) is 5.92 Å². The van der Waals surface area contributed by atoms with Crippen molar-refractivity contribution in [3.05, 3.63) is 0 Å². The molecule has 1 unspecified atom stereocenters. The smallest absolute Gasteiger partial charge is 0.232 e. The fourth-order valence-corrected chi connectivity index (χ4v) is 1.74. The summed E-state index contributed by atoms with van der Waals surface area (Å²) >= 11 is 0. The number of nitrogens with one attached hydrogen (secondary N) is 1. The molecular weight excluding hydrogens is 208 g/mol. The average Bonchev–Trinajstić information content (AvgIpc) is 2.49. The summed E-state index contributed by atoms with van der Waals surface area (Å²) in [5.41, 5.74) is 0. The summed E-state index contributed by atoms with van der Waals surface area (Å²) in [6.07, 6.45) is 1.17. The van der Waals surface area contributed by atoms with E-state index in [-0.39, 0.29) is 17.7 Å². The lowest BCUT2D eigenvalue weighted by molar-refractivity contribution is -0.139. The van der Waals surface area contributed by atoms with Crippen molar-refractivity contribution in [2.75, 3.05) is 33.4 Å². The first kappa shape index (κ1) is 13.1. The SMILES string of the molecule is COCCNCCCN1C(=O)CC(C)C1=O. The molecule has 92 valence electrons. The zero-order chi connectivity index (χ0) is 12.0. The first-order valence-corrected chi connectivity index (χ1v) is 5.70. The van der Waals surface area contributed by atoms with Crippen molar-refractivity contribution in [1.82, 2.24) is 10.2 Å². The van der Waals surface area contributed by atoms with Crippen LogP contribution in [-0.4, -0.2) is 50.1 Å². The predicted molar refractivity (Wildman–Crippen MR) is 59.9 cm³/mol. The number of rotatable bonds is 7. The van der Waals surface area contributed by atoms with E-state index in [0.29, 0.717) is 19.6 Å². The number of imide groups is 1. The third-order valence-electron chi connectivity index (χ3n) is 2.69. The van der Waals surface area contributed by atoms with Gasteiger partial charge in [-0.1, -0.05) is 6.92 Å². The molecule has 1 atom stereocenters. The molecule has 0 saturated carbocycles. The Bertz CT molecular complexity index is 256. The van der Waals surface area contributed by atoms with Crippen LogP contribution in [0.1, 0.15) is 19.8 Å². The molecule has 0 aromatic rings. The Morgan fingerprint density at radius 2 is 2.19 bits per heavy atom. The van der Waals surface area contributed by atoms with E-state index in [1.807, 2.05) is 0 Å². The molecule has 2 amide bonds. The first-order valence-electron chi connectivity index (χ1n) is 5.70. The van der Waals surface area contributed by atoms with Crippen molar-refractivity contribution in [2.45, 2.75) is 19.8 Å². The van der Waals surface area contributed by atoms with Gasteiger partial charge in [-0.2, -0.15) is 0 Å². The lowest BCUT2D eigenvalue weighted by Gasteiger charge is -2.14. The van der Waals surface area contributed by atoms with Crippen LogP contribution in [0.5, 0.6) is 0 Å². The summed E-state index contributed by atoms with van der Waals surface area (Å²) in [4.78, 5) is 24.4. The number of likely N-dealkylation sites (tertiary alicyclic amines) is 1. The highest BCUT2D eigenvalue weighted by molar-refractivity contribution is 6.03. The molecule has 5 nitrogen and oxygen atoms in total. The number of hydrogen-bond donors (Lipinski definition) is 1. The standard InChI is InChI=1S/C11H20N2O3/c1-9-8-10(14)13(11(9)15)6-3-4-12-5-7-16-2/h9,12H,3-8H2,1-2H3. The zero-order valence-electron chi connectivity index (χ0n) is 9.99. The number of carbonyl (C=O) groups excluding carboxylic acids is 2. The fourth-order valence-electron chi connectivity index (χ4n) is 1.74. The van der Waals surface area contributed by atoms with Gasteiger partial charge in [0.2, 0.25) is 11.8 Å². The van der Waals surface area contributed by atoms with Gasteiger partial charge in [0.05, 0.1) is 6.61 Å². The topological polar surface area (TPSA) is 58.6 Å². The molecule has 0 aromatic carbocycles. The lowest BCUT2D eigenvalue weighted by Crippen LogP contribution is -2.33. The first-order chi connectivity index (χ1) is 7.66. The normalized spacial score (nSPS) is 20.9. The summed E-state index contributed by atoms with van der Waals surface area (Å²) in [6, 6.07) is 0. The molecule has 16 heavy (non-hydrogen) atoms. The number of carbonyl (C=O) groups is 2. The van der Waals surface area contributed by atoms with Gasteiger partial charge in [0, 0.05) is 32.5 Å². The van der Waals surface area contributed by atoms with Crippen molar-refractivity contribution >= 4 is 11.8 Å². The molecule has 0 bridgehead atoms. The van der Waals surface area contributed by atoms with E-state index in [1.54, 1.807) is 14.0 Å². The zero-order valence-corrected chi connectivity index (χ0v) is 9.99. The third-order valence-corrected chi connectivity index (χ3v) is 2.69. The third kappa shape index (κ3) is 3.57. The molecule has 1 fully saturated rings.